The first kappa shape index (κ1) is 16.5. The third-order valence-corrected chi connectivity index (χ3v) is 5.23. The molecule has 0 aliphatic rings. The number of hydrogen-bond donors (Lipinski definition) is 3. The van der Waals surface area contributed by atoms with Gasteiger partial charge in [0.2, 0.25) is 0 Å². The fourth-order valence-corrected chi connectivity index (χ4v) is 4.05. The summed E-state index contributed by atoms with van der Waals surface area (Å²) >= 11 is 1.22. The van der Waals surface area contributed by atoms with Crippen LogP contribution < -0.4 is 11.0 Å². The van der Waals surface area contributed by atoms with Crippen LogP contribution in [0, 0.1) is 5.82 Å². The van der Waals surface area contributed by atoms with Crippen LogP contribution in [0.4, 0.5) is 10.1 Å². The number of anilines is 1. The van der Waals surface area contributed by atoms with E-state index < -0.39 is 0 Å². The van der Waals surface area contributed by atoms with Gasteiger partial charge in [0.05, 0.1) is 22.5 Å². The lowest BCUT2D eigenvalue weighted by Gasteiger charge is -2.06. The molecule has 0 spiro atoms. The molecule has 4 aromatic rings. The number of ether oxygens (including phenoxy) is 1. The van der Waals surface area contributed by atoms with Crippen molar-refractivity contribution in [1.29, 1.82) is 0 Å². The number of nitrogens with one attached hydrogen (secondary N) is 3. The molecule has 0 atom stereocenters. The molecule has 2 aromatic heterocycles. The van der Waals surface area contributed by atoms with Crippen molar-refractivity contribution in [2.75, 3.05) is 12.4 Å². The van der Waals surface area contributed by atoms with Crippen LogP contribution in [0.5, 0.6) is 0 Å². The molecule has 26 heavy (non-hydrogen) atoms. The summed E-state index contributed by atoms with van der Waals surface area (Å²) in [7, 11) is 1.50. The Kier molecular flexibility index (Phi) is 4.06. The Morgan fingerprint density at radius 2 is 2.04 bits per heavy atom. The molecule has 1 amide bonds. The minimum absolute atomic E-state index is 0.133. The molecule has 4 rings (SSSR count). The van der Waals surface area contributed by atoms with Crippen LogP contribution in [0.1, 0.15) is 15.2 Å². The maximum absolute atomic E-state index is 14.2. The number of amides is 1. The number of H-pyrrole nitrogens is 2. The SMILES string of the molecule is COCc1c(C(=O)Nc2ccc3[nH]c(=O)[nH]c3c2)sc2cccc(F)c12. The van der Waals surface area contributed by atoms with Crippen LogP contribution in [0.3, 0.4) is 0 Å². The molecule has 2 aromatic carbocycles. The summed E-state index contributed by atoms with van der Waals surface area (Å²) in [5.74, 6) is -0.731. The quantitative estimate of drug-likeness (QED) is 0.512. The van der Waals surface area contributed by atoms with Gasteiger partial charge in [0.15, 0.2) is 0 Å². The average molecular weight is 371 g/mol. The fourth-order valence-electron chi connectivity index (χ4n) is 2.93. The van der Waals surface area contributed by atoms with Crippen LogP contribution in [0.25, 0.3) is 21.1 Å². The number of fused-ring (bicyclic) bond motifs is 2. The van der Waals surface area contributed by atoms with Gasteiger partial charge >= 0.3 is 5.69 Å². The van der Waals surface area contributed by atoms with Crippen molar-refractivity contribution in [2.24, 2.45) is 0 Å². The van der Waals surface area contributed by atoms with Crippen LogP contribution in [0.15, 0.2) is 41.2 Å². The number of rotatable bonds is 4. The zero-order valence-corrected chi connectivity index (χ0v) is 14.5. The van der Waals surface area contributed by atoms with Crippen LogP contribution in [-0.2, 0) is 11.3 Å². The second kappa shape index (κ2) is 6.40. The number of carbonyl (C=O) groups excluding carboxylic acids is 1. The van der Waals surface area contributed by atoms with Gasteiger partial charge in [0, 0.05) is 28.4 Å². The minimum atomic E-state index is -0.379. The van der Waals surface area contributed by atoms with Crippen molar-refractivity contribution in [2.45, 2.75) is 6.61 Å². The standard InChI is InChI=1S/C18H14FN3O3S/c1-25-8-10-15-11(19)3-2-4-14(15)26-16(10)17(23)20-9-5-6-12-13(7-9)22-18(24)21-12/h2-7H,8H2,1H3,(H,20,23)(H2,21,22,24). The zero-order chi connectivity index (χ0) is 18.3. The molecule has 0 saturated heterocycles. The third-order valence-electron chi connectivity index (χ3n) is 4.03. The number of benzene rings is 2. The van der Waals surface area contributed by atoms with E-state index in [0.717, 1.165) is 0 Å². The molecular weight excluding hydrogens is 357 g/mol. The number of aromatic amines is 2. The van der Waals surface area contributed by atoms with Crippen molar-refractivity contribution < 1.29 is 13.9 Å². The second-order valence-corrected chi connectivity index (χ2v) is 6.80. The van der Waals surface area contributed by atoms with Crippen LogP contribution >= 0.6 is 11.3 Å². The molecule has 0 radical (unpaired) electrons. The minimum Gasteiger partial charge on any atom is -0.380 e. The molecular formula is C18H14FN3O3S. The lowest BCUT2D eigenvalue weighted by molar-refractivity contribution is 0.102. The summed E-state index contributed by atoms with van der Waals surface area (Å²) in [4.78, 5) is 29.8. The maximum Gasteiger partial charge on any atom is 0.323 e. The van der Waals surface area contributed by atoms with Gasteiger partial charge in [-0.25, -0.2) is 9.18 Å². The Hall–Kier alpha value is -2.97. The third kappa shape index (κ3) is 2.79. The van der Waals surface area contributed by atoms with Gasteiger partial charge in [-0.2, -0.15) is 0 Å². The number of halogens is 1. The number of imidazole rings is 1. The highest BCUT2D eigenvalue weighted by Crippen LogP contribution is 2.34. The van der Waals surface area contributed by atoms with E-state index >= 15 is 0 Å². The predicted octanol–water partition coefficient (Wildman–Crippen LogP) is 3.61. The van der Waals surface area contributed by atoms with Gasteiger partial charge in [-0.1, -0.05) is 6.07 Å². The highest BCUT2D eigenvalue weighted by Gasteiger charge is 2.21. The monoisotopic (exact) mass is 371 g/mol. The van der Waals surface area contributed by atoms with Gasteiger partial charge in [-0.05, 0) is 30.3 Å². The molecule has 0 saturated carbocycles. The number of aromatic nitrogens is 2. The van der Waals surface area contributed by atoms with E-state index in [1.54, 1.807) is 30.3 Å². The van der Waals surface area contributed by atoms with Gasteiger partial charge < -0.3 is 20.0 Å². The van der Waals surface area contributed by atoms with Crippen LogP contribution in [0.2, 0.25) is 0 Å². The number of carbonyl (C=O) groups is 1. The first-order valence-corrected chi connectivity index (χ1v) is 8.60. The smallest absolute Gasteiger partial charge is 0.323 e. The summed E-state index contributed by atoms with van der Waals surface area (Å²) in [5, 5.41) is 3.21. The molecule has 6 nitrogen and oxygen atoms in total. The summed E-state index contributed by atoms with van der Waals surface area (Å²) in [6.45, 7) is 0.133. The van der Waals surface area contributed by atoms with Crippen LogP contribution in [-0.4, -0.2) is 23.0 Å². The van der Waals surface area contributed by atoms with Crippen molar-refractivity contribution >= 4 is 44.1 Å². The molecule has 0 aliphatic carbocycles. The molecule has 132 valence electrons. The average Bonchev–Trinajstić information content (AvgIpc) is 3.15. The number of hydrogen-bond acceptors (Lipinski definition) is 4. The lowest BCUT2D eigenvalue weighted by Crippen LogP contribution is -2.12. The molecule has 0 fully saturated rings. The van der Waals surface area contributed by atoms with Gasteiger partial charge in [-0.3, -0.25) is 4.79 Å². The summed E-state index contributed by atoms with van der Waals surface area (Å²) in [5.41, 5.74) is 1.98. The predicted molar refractivity (Wildman–Crippen MR) is 99.4 cm³/mol. The van der Waals surface area contributed by atoms with E-state index in [0.29, 0.717) is 37.2 Å². The van der Waals surface area contributed by atoms with Gasteiger partial charge in [0.1, 0.15) is 5.82 Å². The van der Waals surface area contributed by atoms with E-state index in [1.165, 1.54) is 24.5 Å². The van der Waals surface area contributed by atoms with E-state index in [4.69, 9.17) is 4.74 Å². The first-order valence-electron chi connectivity index (χ1n) is 7.79. The maximum atomic E-state index is 14.2. The normalized spacial score (nSPS) is 11.3. The van der Waals surface area contributed by atoms with E-state index in [-0.39, 0.29) is 24.0 Å². The molecule has 0 unspecified atom stereocenters. The van der Waals surface area contributed by atoms with Crippen molar-refractivity contribution in [3.8, 4) is 0 Å². The van der Waals surface area contributed by atoms with Crippen molar-refractivity contribution in [3.63, 3.8) is 0 Å². The zero-order valence-electron chi connectivity index (χ0n) is 13.7. The topological polar surface area (TPSA) is 87.0 Å². The molecule has 2 heterocycles. The summed E-state index contributed by atoms with van der Waals surface area (Å²) < 4.78 is 20.1. The van der Waals surface area contributed by atoms with Crippen molar-refractivity contribution in [1.82, 2.24) is 9.97 Å². The molecule has 0 aliphatic heterocycles. The Bertz CT molecular complexity index is 1190. The number of methoxy groups -OCH3 is 1. The Labute approximate surface area is 150 Å². The van der Waals surface area contributed by atoms with Crippen molar-refractivity contribution in [3.05, 3.63) is 63.1 Å². The first-order chi connectivity index (χ1) is 12.6. The lowest BCUT2D eigenvalue weighted by atomic mass is 10.1. The highest BCUT2D eigenvalue weighted by atomic mass is 32.1. The van der Waals surface area contributed by atoms with E-state index in [2.05, 4.69) is 15.3 Å². The molecule has 8 heteroatoms. The summed E-state index contributed by atoms with van der Waals surface area (Å²) in [6, 6.07) is 9.80. The Morgan fingerprint density at radius 1 is 1.23 bits per heavy atom. The van der Waals surface area contributed by atoms with E-state index in [9.17, 15) is 14.0 Å². The highest BCUT2D eigenvalue weighted by molar-refractivity contribution is 7.21. The Balaban J connectivity index is 1.73. The summed E-state index contributed by atoms with van der Waals surface area (Å²) in [6.07, 6.45) is 0. The number of thiophene rings is 1. The molecule has 0 bridgehead atoms. The second-order valence-electron chi connectivity index (χ2n) is 5.75. The Morgan fingerprint density at radius 3 is 2.85 bits per heavy atom. The van der Waals surface area contributed by atoms with Gasteiger partial charge in [-0.15, -0.1) is 11.3 Å². The molecule has 3 N–H and O–H groups in total. The largest absolute Gasteiger partial charge is 0.380 e. The van der Waals surface area contributed by atoms with Gasteiger partial charge in [0.25, 0.3) is 5.91 Å². The van der Waals surface area contributed by atoms with E-state index in [1.807, 2.05) is 0 Å². The fraction of sp³-hybridized carbons (Fsp3) is 0.111.